The van der Waals surface area contributed by atoms with Crippen LogP contribution in [0.2, 0.25) is 0 Å². The van der Waals surface area contributed by atoms with E-state index in [0.29, 0.717) is 13.0 Å². The van der Waals surface area contributed by atoms with Crippen LogP contribution in [0.25, 0.3) is 0 Å². The van der Waals surface area contributed by atoms with Crippen LogP contribution in [0.15, 0.2) is 18.2 Å². The molecule has 0 spiro atoms. The molecular formula is C14H23ClN2O2. The molecule has 0 aromatic heterocycles. The molecule has 1 unspecified atom stereocenters. The van der Waals surface area contributed by atoms with E-state index in [-0.39, 0.29) is 24.4 Å². The van der Waals surface area contributed by atoms with Gasteiger partial charge in [0, 0.05) is 19.0 Å². The number of hydrogen-bond donors (Lipinski definition) is 2. The Morgan fingerprint density at radius 3 is 2.74 bits per heavy atom. The van der Waals surface area contributed by atoms with E-state index >= 15 is 0 Å². The number of rotatable bonds is 6. The van der Waals surface area contributed by atoms with Gasteiger partial charge in [-0.1, -0.05) is 12.1 Å². The summed E-state index contributed by atoms with van der Waals surface area (Å²) in [5, 5.41) is 2.85. The molecule has 5 heteroatoms. The summed E-state index contributed by atoms with van der Waals surface area (Å²) < 4.78 is 5.26. The highest BCUT2D eigenvalue weighted by molar-refractivity contribution is 5.85. The van der Waals surface area contributed by atoms with Crippen molar-refractivity contribution in [2.45, 2.75) is 32.7 Å². The average molecular weight is 287 g/mol. The predicted octanol–water partition coefficient (Wildman–Crippen LogP) is 1.82. The minimum absolute atomic E-state index is 0. The van der Waals surface area contributed by atoms with Crippen LogP contribution in [0.1, 0.15) is 24.5 Å². The number of carbonyl (C=O) groups is 1. The van der Waals surface area contributed by atoms with Gasteiger partial charge in [0.2, 0.25) is 5.91 Å². The van der Waals surface area contributed by atoms with Crippen molar-refractivity contribution in [2.24, 2.45) is 5.73 Å². The van der Waals surface area contributed by atoms with Crippen molar-refractivity contribution in [1.29, 1.82) is 0 Å². The van der Waals surface area contributed by atoms with Gasteiger partial charge in [-0.25, -0.2) is 0 Å². The lowest BCUT2D eigenvalue weighted by Crippen LogP contribution is -2.31. The first-order chi connectivity index (χ1) is 8.52. The van der Waals surface area contributed by atoms with Gasteiger partial charge < -0.3 is 15.8 Å². The van der Waals surface area contributed by atoms with Crippen LogP contribution in [0, 0.1) is 6.92 Å². The summed E-state index contributed by atoms with van der Waals surface area (Å²) in [7, 11) is 1.66. The van der Waals surface area contributed by atoms with Crippen LogP contribution in [0.5, 0.6) is 5.75 Å². The van der Waals surface area contributed by atoms with Gasteiger partial charge in [0.15, 0.2) is 0 Å². The number of nitrogens with one attached hydrogen (secondary N) is 1. The molecule has 0 aliphatic heterocycles. The van der Waals surface area contributed by atoms with E-state index in [2.05, 4.69) is 11.4 Å². The van der Waals surface area contributed by atoms with E-state index in [1.54, 1.807) is 7.11 Å². The summed E-state index contributed by atoms with van der Waals surface area (Å²) >= 11 is 0. The van der Waals surface area contributed by atoms with Crippen LogP contribution in [-0.2, 0) is 11.2 Å². The van der Waals surface area contributed by atoms with Gasteiger partial charge in [-0.2, -0.15) is 0 Å². The van der Waals surface area contributed by atoms with Crippen molar-refractivity contribution in [3.63, 3.8) is 0 Å². The summed E-state index contributed by atoms with van der Waals surface area (Å²) in [5.41, 5.74) is 7.82. The van der Waals surface area contributed by atoms with Gasteiger partial charge >= 0.3 is 0 Å². The van der Waals surface area contributed by atoms with Gasteiger partial charge in [0.1, 0.15) is 5.75 Å². The smallest absolute Gasteiger partial charge is 0.221 e. The van der Waals surface area contributed by atoms with Gasteiger partial charge in [-0.15, -0.1) is 12.4 Å². The molecule has 0 aliphatic carbocycles. The molecule has 0 radical (unpaired) electrons. The highest BCUT2D eigenvalue weighted by atomic mass is 35.5. The van der Waals surface area contributed by atoms with Crippen molar-refractivity contribution >= 4 is 18.3 Å². The lowest BCUT2D eigenvalue weighted by molar-refractivity contribution is -0.121. The number of nitrogens with two attached hydrogens (primary N) is 1. The SMILES string of the molecule is COc1cc(CCNC(=O)CC(C)N)ccc1C.Cl. The molecule has 4 nitrogen and oxygen atoms in total. The van der Waals surface area contributed by atoms with E-state index in [0.717, 1.165) is 23.3 Å². The van der Waals surface area contributed by atoms with E-state index in [9.17, 15) is 4.79 Å². The molecule has 3 N–H and O–H groups in total. The first kappa shape index (κ1) is 17.7. The monoisotopic (exact) mass is 286 g/mol. The summed E-state index contributed by atoms with van der Waals surface area (Å²) in [6.07, 6.45) is 1.17. The van der Waals surface area contributed by atoms with Crippen LogP contribution in [0.3, 0.4) is 0 Å². The van der Waals surface area contributed by atoms with Crippen molar-refractivity contribution in [3.05, 3.63) is 29.3 Å². The largest absolute Gasteiger partial charge is 0.496 e. The third-order valence-corrected chi connectivity index (χ3v) is 2.72. The van der Waals surface area contributed by atoms with Gasteiger partial charge in [0.25, 0.3) is 0 Å². The third-order valence-electron chi connectivity index (χ3n) is 2.72. The second-order valence-corrected chi connectivity index (χ2v) is 4.59. The number of hydrogen-bond acceptors (Lipinski definition) is 3. The lowest BCUT2D eigenvalue weighted by atomic mass is 10.1. The lowest BCUT2D eigenvalue weighted by Gasteiger charge is -2.09. The second-order valence-electron chi connectivity index (χ2n) is 4.59. The van der Waals surface area contributed by atoms with Crippen LogP contribution < -0.4 is 15.8 Å². The highest BCUT2D eigenvalue weighted by Gasteiger charge is 2.05. The molecule has 108 valence electrons. The Bertz CT molecular complexity index is 408. The predicted molar refractivity (Wildman–Crippen MR) is 80.0 cm³/mol. The number of aryl methyl sites for hydroxylation is 1. The van der Waals surface area contributed by atoms with E-state index in [1.165, 1.54) is 0 Å². The fraction of sp³-hybridized carbons (Fsp3) is 0.500. The van der Waals surface area contributed by atoms with Gasteiger partial charge in [0.05, 0.1) is 7.11 Å². The second kappa shape index (κ2) is 8.77. The highest BCUT2D eigenvalue weighted by Crippen LogP contribution is 2.18. The van der Waals surface area contributed by atoms with Crippen molar-refractivity contribution in [3.8, 4) is 5.75 Å². The standard InChI is InChI=1S/C14H22N2O2.ClH/c1-10-4-5-12(9-13(10)18-3)6-7-16-14(17)8-11(2)15;/h4-5,9,11H,6-8,15H2,1-3H3,(H,16,17);1H. The number of halogens is 1. The first-order valence-corrected chi connectivity index (χ1v) is 6.18. The first-order valence-electron chi connectivity index (χ1n) is 6.18. The fourth-order valence-corrected chi connectivity index (χ4v) is 1.73. The fourth-order valence-electron chi connectivity index (χ4n) is 1.73. The summed E-state index contributed by atoms with van der Waals surface area (Å²) in [4.78, 5) is 11.4. The molecule has 1 aromatic carbocycles. The molecule has 1 rings (SSSR count). The molecule has 1 aromatic rings. The zero-order valence-electron chi connectivity index (χ0n) is 11.7. The van der Waals surface area contributed by atoms with E-state index in [4.69, 9.17) is 10.5 Å². The number of amides is 1. The summed E-state index contributed by atoms with van der Waals surface area (Å²) in [6, 6.07) is 5.99. The zero-order valence-corrected chi connectivity index (χ0v) is 12.5. The molecule has 0 saturated heterocycles. The maximum atomic E-state index is 11.4. The van der Waals surface area contributed by atoms with Gasteiger partial charge in [-0.3, -0.25) is 4.79 Å². The Morgan fingerprint density at radius 1 is 1.47 bits per heavy atom. The van der Waals surface area contributed by atoms with Crippen molar-refractivity contribution in [2.75, 3.05) is 13.7 Å². The van der Waals surface area contributed by atoms with E-state index in [1.807, 2.05) is 26.0 Å². The maximum Gasteiger partial charge on any atom is 0.221 e. The Labute approximate surface area is 121 Å². The Morgan fingerprint density at radius 2 is 2.16 bits per heavy atom. The molecule has 0 bridgehead atoms. The minimum atomic E-state index is -0.0931. The topological polar surface area (TPSA) is 64.3 Å². The quantitative estimate of drug-likeness (QED) is 0.838. The molecule has 1 atom stereocenters. The number of carbonyl (C=O) groups excluding carboxylic acids is 1. The molecular weight excluding hydrogens is 264 g/mol. The number of ether oxygens (including phenoxy) is 1. The zero-order chi connectivity index (χ0) is 13.5. The minimum Gasteiger partial charge on any atom is -0.496 e. The average Bonchev–Trinajstić information content (AvgIpc) is 2.30. The molecule has 0 aliphatic rings. The van der Waals surface area contributed by atoms with Crippen molar-refractivity contribution < 1.29 is 9.53 Å². The molecule has 0 heterocycles. The van der Waals surface area contributed by atoms with Gasteiger partial charge in [-0.05, 0) is 37.5 Å². The Hall–Kier alpha value is -1.26. The van der Waals surface area contributed by atoms with Crippen LogP contribution >= 0.6 is 12.4 Å². The molecule has 0 fully saturated rings. The van der Waals surface area contributed by atoms with Crippen molar-refractivity contribution in [1.82, 2.24) is 5.32 Å². The molecule has 19 heavy (non-hydrogen) atoms. The Kier molecular flexibility index (Phi) is 8.19. The summed E-state index contributed by atoms with van der Waals surface area (Å²) in [6.45, 7) is 4.45. The number of benzene rings is 1. The molecule has 0 saturated carbocycles. The maximum absolute atomic E-state index is 11.4. The van der Waals surface area contributed by atoms with E-state index < -0.39 is 0 Å². The van der Waals surface area contributed by atoms with Crippen LogP contribution in [-0.4, -0.2) is 25.6 Å². The third kappa shape index (κ3) is 6.45. The summed E-state index contributed by atoms with van der Waals surface area (Å²) in [5.74, 6) is 0.887. The normalized spacial score (nSPS) is 11.4. The van der Waals surface area contributed by atoms with Crippen LogP contribution in [0.4, 0.5) is 0 Å². The Balaban J connectivity index is 0.00000324. The number of methoxy groups -OCH3 is 1. The molecule has 1 amide bonds.